The number of hydrogen-bond donors (Lipinski definition) is 0. The van der Waals surface area contributed by atoms with Gasteiger partial charge in [0.2, 0.25) is 0 Å². The van der Waals surface area contributed by atoms with E-state index < -0.39 is 0 Å². The van der Waals surface area contributed by atoms with E-state index in [1.807, 2.05) is 0 Å². The molecule has 1 aliphatic carbocycles. The van der Waals surface area contributed by atoms with Gasteiger partial charge in [-0.15, -0.1) is 0 Å². The molecule has 0 amide bonds. The molecule has 0 heteroatoms. The van der Waals surface area contributed by atoms with Crippen LogP contribution in [0.1, 0.15) is 38.5 Å². The van der Waals surface area contributed by atoms with E-state index in [0.29, 0.717) is 0 Å². The molecule has 0 atom stereocenters. The maximum Gasteiger partial charge on any atom is -0.0166 e. The highest BCUT2D eigenvalue weighted by Crippen LogP contribution is 2.06. The SMILES string of the molecule is [CH]1C/C=C\C/C=C\C=C\CCCC1. The van der Waals surface area contributed by atoms with Crippen LogP contribution >= 0.6 is 0 Å². The summed E-state index contributed by atoms with van der Waals surface area (Å²) in [6, 6.07) is 0. The van der Waals surface area contributed by atoms with Crippen LogP contribution in [0.2, 0.25) is 0 Å². The second-order valence-corrected chi connectivity index (χ2v) is 3.37. The zero-order valence-electron chi connectivity index (χ0n) is 8.28. The zero-order valence-corrected chi connectivity index (χ0v) is 8.28. The van der Waals surface area contributed by atoms with Gasteiger partial charge in [-0.05, 0) is 38.5 Å². The lowest BCUT2D eigenvalue weighted by Gasteiger charge is -1.95. The van der Waals surface area contributed by atoms with E-state index in [1.54, 1.807) is 0 Å². The van der Waals surface area contributed by atoms with Gasteiger partial charge in [-0.2, -0.15) is 0 Å². The Morgan fingerprint density at radius 1 is 0.615 bits per heavy atom. The summed E-state index contributed by atoms with van der Waals surface area (Å²) in [5.74, 6) is 0. The van der Waals surface area contributed by atoms with Gasteiger partial charge in [0.05, 0.1) is 0 Å². The molecule has 13 heavy (non-hydrogen) atoms. The zero-order chi connectivity index (χ0) is 9.19. The van der Waals surface area contributed by atoms with E-state index in [2.05, 4.69) is 42.9 Å². The molecule has 0 saturated heterocycles. The van der Waals surface area contributed by atoms with Gasteiger partial charge in [0, 0.05) is 0 Å². The molecule has 1 aliphatic rings. The van der Waals surface area contributed by atoms with Crippen molar-refractivity contribution in [2.75, 3.05) is 0 Å². The van der Waals surface area contributed by atoms with Crippen LogP contribution < -0.4 is 0 Å². The quantitative estimate of drug-likeness (QED) is 0.484. The minimum Gasteiger partial charge on any atom is -0.0879 e. The van der Waals surface area contributed by atoms with E-state index in [9.17, 15) is 0 Å². The van der Waals surface area contributed by atoms with E-state index >= 15 is 0 Å². The second kappa shape index (κ2) is 7.85. The summed E-state index contributed by atoms with van der Waals surface area (Å²) in [6.45, 7) is 0. The van der Waals surface area contributed by atoms with Gasteiger partial charge < -0.3 is 0 Å². The van der Waals surface area contributed by atoms with Crippen LogP contribution in [0.4, 0.5) is 0 Å². The molecule has 1 radical (unpaired) electrons. The minimum atomic E-state index is 1.07. The van der Waals surface area contributed by atoms with Crippen LogP contribution in [0.25, 0.3) is 0 Å². The normalized spacial score (nSPS) is 27.7. The average molecular weight is 175 g/mol. The fourth-order valence-corrected chi connectivity index (χ4v) is 1.37. The molecule has 0 aliphatic heterocycles. The monoisotopic (exact) mass is 175 g/mol. The summed E-state index contributed by atoms with van der Waals surface area (Å²) in [6.07, 6.45) is 23.0. The van der Waals surface area contributed by atoms with Crippen LogP contribution in [0.3, 0.4) is 0 Å². The van der Waals surface area contributed by atoms with E-state index in [4.69, 9.17) is 0 Å². The number of hydrogen-bond acceptors (Lipinski definition) is 0. The molecule has 0 fully saturated rings. The molecule has 0 N–H and O–H groups in total. The van der Waals surface area contributed by atoms with Crippen LogP contribution in [-0.4, -0.2) is 0 Å². The maximum atomic E-state index is 2.38. The van der Waals surface area contributed by atoms with Gasteiger partial charge in [-0.3, -0.25) is 0 Å². The molecule has 0 spiro atoms. The lowest BCUT2D eigenvalue weighted by molar-refractivity contribution is 0.730. The van der Waals surface area contributed by atoms with Gasteiger partial charge in [0.1, 0.15) is 0 Å². The highest BCUT2D eigenvalue weighted by molar-refractivity contribution is 5.05. The van der Waals surface area contributed by atoms with Crippen LogP contribution in [0, 0.1) is 6.42 Å². The van der Waals surface area contributed by atoms with Crippen molar-refractivity contribution in [3.05, 3.63) is 42.9 Å². The summed E-state index contributed by atoms with van der Waals surface area (Å²) >= 11 is 0. The summed E-state index contributed by atoms with van der Waals surface area (Å²) in [5.41, 5.74) is 0. The van der Waals surface area contributed by atoms with E-state index in [1.165, 1.54) is 25.7 Å². The third-order valence-corrected chi connectivity index (χ3v) is 2.15. The Labute approximate surface area is 82.0 Å². The summed E-state index contributed by atoms with van der Waals surface area (Å²) in [5, 5.41) is 0. The first-order valence-electron chi connectivity index (χ1n) is 5.28. The molecule has 0 bridgehead atoms. The third-order valence-electron chi connectivity index (χ3n) is 2.15. The first kappa shape index (κ1) is 10.3. The van der Waals surface area contributed by atoms with Crippen molar-refractivity contribution in [3.63, 3.8) is 0 Å². The predicted octanol–water partition coefficient (Wildman–Crippen LogP) is 4.21. The topological polar surface area (TPSA) is 0 Å². The molecular weight excluding hydrogens is 156 g/mol. The van der Waals surface area contributed by atoms with E-state index in [-0.39, 0.29) is 0 Å². The standard InChI is InChI=1S/C13H19/c1-2-4-6-8-10-12-13-11-9-7-5-3-1/h1-4,7,9,13H,5-6,8,10-12H2/b3-1-,4-2+,9-7-. The van der Waals surface area contributed by atoms with Crippen molar-refractivity contribution in [1.29, 1.82) is 0 Å². The van der Waals surface area contributed by atoms with Crippen LogP contribution in [0.5, 0.6) is 0 Å². The molecule has 0 saturated carbocycles. The van der Waals surface area contributed by atoms with Crippen LogP contribution in [-0.2, 0) is 0 Å². The Balaban J connectivity index is 2.29. The van der Waals surface area contributed by atoms with Gasteiger partial charge in [-0.25, -0.2) is 0 Å². The van der Waals surface area contributed by atoms with Gasteiger partial charge in [-0.1, -0.05) is 42.9 Å². The van der Waals surface area contributed by atoms with Gasteiger partial charge >= 0.3 is 0 Å². The molecule has 0 heterocycles. The summed E-state index contributed by atoms with van der Waals surface area (Å²) in [4.78, 5) is 0. The smallest absolute Gasteiger partial charge is 0.0166 e. The molecule has 0 nitrogen and oxygen atoms in total. The molecule has 0 aromatic rings. The van der Waals surface area contributed by atoms with Gasteiger partial charge in [0.25, 0.3) is 0 Å². The lowest BCUT2D eigenvalue weighted by Crippen LogP contribution is -1.77. The second-order valence-electron chi connectivity index (χ2n) is 3.37. The molecule has 71 valence electrons. The van der Waals surface area contributed by atoms with Crippen molar-refractivity contribution >= 4 is 0 Å². The van der Waals surface area contributed by atoms with Crippen molar-refractivity contribution in [3.8, 4) is 0 Å². The Kier molecular flexibility index (Phi) is 6.22. The van der Waals surface area contributed by atoms with Crippen molar-refractivity contribution in [2.45, 2.75) is 38.5 Å². The average Bonchev–Trinajstić information content (AvgIpc) is 2.18. The fraction of sp³-hybridized carbons (Fsp3) is 0.462. The highest BCUT2D eigenvalue weighted by atomic mass is 13.9. The molecule has 1 rings (SSSR count). The largest absolute Gasteiger partial charge is 0.0879 e. The van der Waals surface area contributed by atoms with Crippen molar-refractivity contribution in [2.24, 2.45) is 0 Å². The van der Waals surface area contributed by atoms with Gasteiger partial charge in [0.15, 0.2) is 0 Å². The molecular formula is C13H19. The summed E-state index contributed by atoms with van der Waals surface area (Å²) < 4.78 is 0. The molecule has 0 aromatic heterocycles. The fourth-order valence-electron chi connectivity index (χ4n) is 1.37. The maximum absolute atomic E-state index is 2.38. The first-order valence-corrected chi connectivity index (χ1v) is 5.28. The predicted molar refractivity (Wildman–Crippen MR) is 59.4 cm³/mol. The van der Waals surface area contributed by atoms with Crippen LogP contribution in [0.15, 0.2) is 36.5 Å². The van der Waals surface area contributed by atoms with Crippen molar-refractivity contribution in [1.82, 2.24) is 0 Å². The minimum absolute atomic E-state index is 1.07. The first-order chi connectivity index (χ1) is 6.50. The lowest BCUT2D eigenvalue weighted by atomic mass is 10.1. The number of rotatable bonds is 0. The molecule has 0 unspecified atom stereocenters. The Morgan fingerprint density at radius 2 is 1.38 bits per heavy atom. The Bertz CT molecular complexity index is 184. The highest BCUT2D eigenvalue weighted by Gasteiger charge is 1.87. The Hall–Kier alpha value is -0.780. The van der Waals surface area contributed by atoms with Crippen molar-refractivity contribution < 1.29 is 0 Å². The molecule has 0 aromatic carbocycles. The summed E-state index contributed by atoms with van der Waals surface area (Å²) in [7, 11) is 0. The van der Waals surface area contributed by atoms with E-state index in [0.717, 1.165) is 12.8 Å². The number of allylic oxidation sites excluding steroid dienone is 6. The third kappa shape index (κ3) is 6.39. The Morgan fingerprint density at radius 3 is 2.38 bits per heavy atom.